The van der Waals surface area contributed by atoms with E-state index < -0.39 is 4.92 Å². The molecule has 1 rings (SSSR count). The maximum absolute atomic E-state index is 11.5. The molecule has 0 atom stereocenters. The molecule has 5 nitrogen and oxygen atoms in total. The van der Waals surface area contributed by atoms with E-state index in [4.69, 9.17) is 0 Å². The summed E-state index contributed by atoms with van der Waals surface area (Å²) in [5.74, 6) is -0.293. The molecule has 0 aromatic heterocycles. The molecule has 0 spiro atoms. The molecule has 1 amide bonds. The van der Waals surface area contributed by atoms with Gasteiger partial charge in [-0.1, -0.05) is 0 Å². The van der Waals surface area contributed by atoms with Gasteiger partial charge in [0.1, 0.15) is 0 Å². The number of hydrogen-bond donors (Lipinski definition) is 1. The number of carbonyl (C=O) groups excluding carboxylic acids is 1. The van der Waals surface area contributed by atoms with Crippen LogP contribution in [0.4, 0.5) is 5.69 Å². The molecule has 0 saturated heterocycles. The van der Waals surface area contributed by atoms with Crippen LogP contribution in [0.25, 0.3) is 0 Å². The van der Waals surface area contributed by atoms with E-state index in [0.717, 1.165) is 0 Å². The highest BCUT2D eigenvalue weighted by Crippen LogP contribution is 2.28. The lowest BCUT2D eigenvalue weighted by Crippen LogP contribution is -2.22. The van der Waals surface area contributed by atoms with Gasteiger partial charge >= 0.3 is 0 Å². The summed E-state index contributed by atoms with van der Waals surface area (Å²) < 4.78 is 0. The lowest BCUT2D eigenvalue weighted by Gasteiger charge is -2.04. The van der Waals surface area contributed by atoms with Gasteiger partial charge in [0.25, 0.3) is 11.6 Å². The Labute approximate surface area is 97.4 Å². The van der Waals surface area contributed by atoms with Gasteiger partial charge in [-0.05, 0) is 25.3 Å². The molecule has 86 valence electrons. The standard InChI is InChI=1S/C10H12N2O3S/c1-3-11-10(13)7-4-5-9(16-2)8(6-7)12(14)15/h4-6H,3H2,1-2H3,(H,11,13). The van der Waals surface area contributed by atoms with Gasteiger partial charge in [0.05, 0.1) is 9.82 Å². The Hall–Kier alpha value is -1.56. The molecule has 1 aromatic carbocycles. The summed E-state index contributed by atoms with van der Waals surface area (Å²) in [6, 6.07) is 4.48. The highest BCUT2D eigenvalue weighted by atomic mass is 32.2. The molecule has 0 saturated carbocycles. The van der Waals surface area contributed by atoms with E-state index in [9.17, 15) is 14.9 Å². The van der Waals surface area contributed by atoms with Crippen molar-refractivity contribution in [3.05, 3.63) is 33.9 Å². The summed E-state index contributed by atoms with van der Waals surface area (Å²) in [6.45, 7) is 2.29. The Morgan fingerprint density at radius 3 is 2.75 bits per heavy atom. The van der Waals surface area contributed by atoms with Crippen LogP contribution in [0.2, 0.25) is 0 Å². The third kappa shape index (κ3) is 2.73. The van der Waals surface area contributed by atoms with Gasteiger partial charge in [0.15, 0.2) is 0 Å². The molecular formula is C10H12N2O3S. The van der Waals surface area contributed by atoms with Crippen LogP contribution in [0, 0.1) is 10.1 Å². The topological polar surface area (TPSA) is 72.2 Å². The van der Waals surface area contributed by atoms with Crippen LogP contribution in [0.15, 0.2) is 23.1 Å². The highest BCUT2D eigenvalue weighted by molar-refractivity contribution is 7.98. The monoisotopic (exact) mass is 240 g/mol. The second-order valence-corrected chi connectivity index (χ2v) is 3.85. The van der Waals surface area contributed by atoms with Crippen molar-refractivity contribution in [3.63, 3.8) is 0 Å². The van der Waals surface area contributed by atoms with Crippen molar-refractivity contribution < 1.29 is 9.72 Å². The van der Waals surface area contributed by atoms with E-state index in [1.54, 1.807) is 25.3 Å². The smallest absolute Gasteiger partial charge is 0.283 e. The number of carbonyl (C=O) groups is 1. The molecule has 1 aromatic rings. The minimum atomic E-state index is -0.478. The Kier molecular flexibility index (Phi) is 4.30. The SMILES string of the molecule is CCNC(=O)c1ccc(SC)c([N+](=O)[O-])c1. The number of nitro groups is 1. The zero-order valence-electron chi connectivity index (χ0n) is 9.02. The van der Waals surface area contributed by atoms with Gasteiger partial charge in [0.2, 0.25) is 0 Å². The van der Waals surface area contributed by atoms with Crippen LogP contribution in [0.5, 0.6) is 0 Å². The molecule has 0 bridgehead atoms. The summed E-state index contributed by atoms with van der Waals surface area (Å²) in [5.41, 5.74) is 0.280. The first-order chi connectivity index (χ1) is 7.60. The summed E-state index contributed by atoms with van der Waals surface area (Å²) in [7, 11) is 0. The molecule has 0 unspecified atom stereocenters. The second-order valence-electron chi connectivity index (χ2n) is 3.00. The molecular weight excluding hydrogens is 228 g/mol. The van der Waals surface area contributed by atoms with E-state index in [2.05, 4.69) is 5.32 Å². The van der Waals surface area contributed by atoms with Gasteiger partial charge < -0.3 is 5.32 Å². The molecule has 0 fully saturated rings. The largest absolute Gasteiger partial charge is 0.352 e. The molecule has 0 heterocycles. The van der Waals surface area contributed by atoms with Gasteiger partial charge in [-0.15, -0.1) is 11.8 Å². The first-order valence-electron chi connectivity index (χ1n) is 4.70. The fourth-order valence-electron chi connectivity index (χ4n) is 1.24. The van der Waals surface area contributed by atoms with E-state index >= 15 is 0 Å². The number of nitrogens with zero attached hydrogens (tertiary/aromatic N) is 1. The van der Waals surface area contributed by atoms with Crippen molar-refractivity contribution in [2.75, 3.05) is 12.8 Å². The predicted molar refractivity (Wildman–Crippen MR) is 62.9 cm³/mol. The normalized spacial score (nSPS) is 9.88. The van der Waals surface area contributed by atoms with Crippen molar-refractivity contribution in [3.8, 4) is 0 Å². The number of hydrogen-bond acceptors (Lipinski definition) is 4. The third-order valence-corrected chi connectivity index (χ3v) is 2.76. The second kappa shape index (κ2) is 5.50. The Morgan fingerprint density at radius 1 is 1.56 bits per heavy atom. The minimum absolute atomic E-state index is 0.0312. The van der Waals surface area contributed by atoms with E-state index in [-0.39, 0.29) is 11.6 Å². The highest BCUT2D eigenvalue weighted by Gasteiger charge is 2.16. The van der Waals surface area contributed by atoms with Gasteiger partial charge in [-0.25, -0.2) is 0 Å². The maximum Gasteiger partial charge on any atom is 0.283 e. The first kappa shape index (κ1) is 12.5. The summed E-state index contributed by atoms with van der Waals surface area (Å²) in [6.07, 6.45) is 1.76. The van der Waals surface area contributed by atoms with Crippen molar-refractivity contribution in [1.29, 1.82) is 0 Å². The van der Waals surface area contributed by atoms with Crippen LogP contribution in [0.3, 0.4) is 0 Å². The number of benzene rings is 1. The number of nitro benzene ring substituents is 1. The van der Waals surface area contributed by atoms with Crippen LogP contribution in [-0.4, -0.2) is 23.6 Å². The third-order valence-electron chi connectivity index (χ3n) is 1.98. The number of nitrogens with one attached hydrogen (secondary N) is 1. The molecule has 1 N–H and O–H groups in total. The fourth-order valence-corrected chi connectivity index (χ4v) is 1.78. The summed E-state index contributed by atoms with van der Waals surface area (Å²) in [5, 5.41) is 13.4. The predicted octanol–water partition coefficient (Wildman–Crippen LogP) is 2.07. The molecule has 16 heavy (non-hydrogen) atoms. The average molecular weight is 240 g/mol. The number of thioether (sulfide) groups is 1. The molecule has 0 aliphatic rings. The Bertz CT molecular complexity index is 421. The Morgan fingerprint density at radius 2 is 2.25 bits per heavy atom. The average Bonchev–Trinajstić information content (AvgIpc) is 2.28. The van der Waals surface area contributed by atoms with E-state index in [0.29, 0.717) is 17.0 Å². The number of rotatable bonds is 4. The van der Waals surface area contributed by atoms with Crippen LogP contribution < -0.4 is 5.32 Å². The van der Waals surface area contributed by atoms with Gasteiger partial charge in [0, 0.05) is 18.2 Å². The van der Waals surface area contributed by atoms with E-state index in [1.165, 1.54) is 17.8 Å². The first-order valence-corrected chi connectivity index (χ1v) is 5.93. The minimum Gasteiger partial charge on any atom is -0.352 e. The maximum atomic E-state index is 11.5. The lowest BCUT2D eigenvalue weighted by atomic mass is 10.2. The lowest BCUT2D eigenvalue weighted by molar-refractivity contribution is -0.387. The molecule has 0 aliphatic heterocycles. The van der Waals surface area contributed by atoms with Crippen LogP contribution in [0.1, 0.15) is 17.3 Å². The van der Waals surface area contributed by atoms with Gasteiger partial charge in [-0.3, -0.25) is 14.9 Å². The van der Waals surface area contributed by atoms with Crippen molar-refractivity contribution in [1.82, 2.24) is 5.32 Å². The van der Waals surface area contributed by atoms with Crippen molar-refractivity contribution in [2.24, 2.45) is 0 Å². The van der Waals surface area contributed by atoms with Crippen LogP contribution >= 0.6 is 11.8 Å². The van der Waals surface area contributed by atoms with Crippen molar-refractivity contribution in [2.45, 2.75) is 11.8 Å². The van der Waals surface area contributed by atoms with Crippen molar-refractivity contribution >= 4 is 23.4 Å². The van der Waals surface area contributed by atoms with E-state index in [1.807, 2.05) is 0 Å². The fraction of sp³-hybridized carbons (Fsp3) is 0.300. The zero-order valence-corrected chi connectivity index (χ0v) is 9.84. The molecule has 6 heteroatoms. The van der Waals surface area contributed by atoms with Crippen LogP contribution in [-0.2, 0) is 0 Å². The number of amides is 1. The summed E-state index contributed by atoms with van der Waals surface area (Å²) >= 11 is 1.28. The molecule has 0 radical (unpaired) electrons. The Balaban J connectivity index is 3.11. The summed E-state index contributed by atoms with van der Waals surface area (Å²) in [4.78, 5) is 22.3. The quantitative estimate of drug-likeness (QED) is 0.496. The van der Waals surface area contributed by atoms with Gasteiger partial charge in [-0.2, -0.15) is 0 Å². The molecule has 0 aliphatic carbocycles. The zero-order chi connectivity index (χ0) is 12.1.